The van der Waals surface area contributed by atoms with Crippen LogP contribution in [-0.4, -0.2) is 19.3 Å². The van der Waals surface area contributed by atoms with Crippen LogP contribution in [0.25, 0.3) is 10.9 Å². The van der Waals surface area contributed by atoms with Crippen molar-refractivity contribution in [2.45, 2.75) is 4.90 Å². The molecule has 0 saturated heterocycles. The molecular formula is C16H12FN3O3S. The van der Waals surface area contributed by atoms with Crippen LogP contribution in [0.3, 0.4) is 0 Å². The predicted octanol–water partition coefficient (Wildman–Crippen LogP) is 2.27. The number of halogens is 1. The van der Waals surface area contributed by atoms with E-state index in [2.05, 4.69) is 9.71 Å². The summed E-state index contributed by atoms with van der Waals surface area (Å²) in [6.45, 7) is 0. The molecule has 2 aromatic carbocycles. The van der Waals surface area contributed by atoms with Crippen LogP contribution in [0, 0.1) is 5.82 Å². The number of carbonyl (C=O) groups excluding carboxylic acids is 1. The van der Waals surface area contributed by atoms with Crippen molar-refractivity contribution < 1.29 is 17.6 Å². The molecular weight excluding hydrogens is 333 g/mol. The van der Waals surface area contributed by atoms with Gasteiger partial charge in [0.25, 0.3) is 10.0 Å². The number of amides is 1. The van der Waals surface area contributed by atoms with Crippen LogP contribution in [0.4, 0.5) is 10.1 Å². The van der Waals surface area contributed by atoms with Gasteiger partial charge in [-0.05, 0) is 48.5 Å². The lowest BCUT2D eigenvalue weighted by molar-refractivity contribution is 0.100. The monoisotopic (exact) mass is 345 g/mol. The van der Waals surface area contributed by atoms with Crippen LogP contribution in [0.5, 0.6) is 0 Å². The number of nitrogens with two attached hydrogens (primary N) is 1. The van der Waals surface area contributed by atoms with Crippen molar-refractivity contribution in [3.63, 3.8) is 0 Å². The Hall–Kier alpha value is -3.00. The smallest absolute Gasteiger partial charge is 0.262 e. The number of aromatic nitrogens is 1. The van der Waals surface area contributed by atoms with E-state index in [9.17, 15) is 17.6 Å². The highest BCUT2D eigenvalue weighted by molar-refractivity contribution is 7.93. The van der Waals surface area contributed by atoms with Gasteiger partial charge in [0.05, 0.1) is 4.90 Å². The molecule has 24 heavy (non-hydrogen) atoms. The summed E-state index contributed by atoms with van der Waals surface area (Å²) in [6.07, 6.45) is 1.39. The molecule has 0 spiro atoms. The topological polar surface area (TPSA) is 102 Å². The van der Waals surface area contributed by atoms with Crippen molar-refractivity contribution in [2.75, 3.05) is 4.72 Å². The van der Waals surface area contributed by atoms with Gasteiger partial charge in [-0.15, -0.1) is 0 Å². The maximum absolute atomic E-state index is 13.8. The normalized spacial score (nSPS) is 11.4. The second-order valence-corrected chi connectivity index (χ2v) is 6.64. The summed E-state index contributed by atoms with van der Waals surface area (Å²) in [7, 11) is -3.96. The maximum Gasteiger partial charge on any atom is 0.262 e. The van der Waals surface area contributed by atoms with E-state index in [1.54, 1.807) is 0 Å². The second-order valence-electron chi connectivity index (χ2n) is 4.99. The van der Waals surface area contributed by atoms with E-state index in [4.69, 9.17) is 5.73 Å². The molecule has 0 bridgehead atoms. The average molecular weight is 345 g/mol. The molecule has 0 radical (unpaired) electrons. The summed E-state index contributed by atoms with van der Waals surface area (Å²) in [5.74, 6) is -1.21. The van der Waals surface area contributed by atoms with E-state index < -0.39 is 21.7 Å². The Bertz CT molecular complexity index is 1030. The average Bonchev–Trinajstić information content (AvgIpc) is 2.55. The Morgan fingerprint density at radius 2 is 1.79 bits per heavy atom. The van der Waals surface area contributed by atoms with Crippen LogP contribution in [0.1, 0.15) is 10.4 Å². The van der Waals surface area contributed by atoms with Gasteiger partial charge in [-0.1, -0.05) is 0 Å². The van der Waals surface area contributed by atoms with Gasteiger partial charge in [0.1, 0.15) is 11.3 Å². The van der Waals surface area contributed by atoms with Crippen molar-refractivity contribution in [2.24, 2.45) is 5.73 Å². The summed E-state index contributed by atoms with van der Waals surface area (Å²) in [5.41, 5.74) is 5.62. The highest BCUT2D eigenvalue weighted by Crippen LogP contribution is 2.25. The Balaban J connectivity index is 2.02. The molecule has 1 aromatic heterocycles. The third-order valence-electron chi connectivity index (χ3n) is 3.39. The Morgan fingerprint density at radius 3 is 2.46 bits per heavy atom. The van der Waals surface area contributed by atoms with Gasteiger partial charge >= 0.3 is 0 Å². The van der Waals surface area contributed by atoms with Gasteiger partial charge in [-0.25, -0.2) is 12.8 Å². The number of hydrogen-bond acceptors (Lipinski definition) is 4. The van der Waals surface area contributed by atoms with E-state index in [-0.39, 0.29) is 27.0 Å². The molecule has 0 aliphatic carbocycles. The summed E-state index contributed by atoms with van der Waals surface area (Å²) < 4.78 is 41.3. The van der Waals surface area contributed by atoms with Crippen LogP contribution in [0.2, 0.25) is 0 Å². The second kappa shape index (κ2) is 5.89. The number of benzene rings is 2. The van der Waals surface area contributed by atoms with E-state index >= 15 is 0 Å². The fourth-order valence-corrected chi connectivity index (χ4v) is 3.52. The van der Waals surface area contributed by atoms with Gasteiger partial charge in [0, 0.05) is 22.8 Å². The third kappa shape index (κ3) is 2.91. The van der Waals surface area contributed by atoms with E-state index in [1.807, 2.05) is 0 Å². The van der Waals surface area contributed by atoms with E-state index in [0.29, 0.717) is 0 Å². The first-order valence-electron chi connectivity index (χ1n) is 6.84. The lowest BCUT2D eigenvalue weighted by Crippen LogP contribution is -2.14. The van der Waals surface area contributed by atoms with Crippen molar-refractivity contribution in [3.8, 4) is 0 Å². The minimum atomic E-state index is -3.96. The largest absolute Gasteiger partial charge is 0.366 e. The van der Waals surface area contributed by atoms with Gasteiger partial charge in [-0.3, -0.25) is 14.5 Å². The molecule has 3 rings (SSSR count). The lowest BCUT2D eigenvalue weighted by atomic mass is 10.2. The van der Waals surface area contributed by atoms with Crippen molar-refractivity contribution >= 4 is 32.5 Å². The Morgan fingerprint density at radius 1 is 1.08 bits per heavy atom. The molecule has 0 saturated carbocycles. The molecule has 0 unspecified atom stereocenters. The first kappa shape index (κ1) is 15.9. The highest BCUT2D eigenvalue weighted by Gasteiger charge is 2.19. The zero-order valence-corrected chi connectivity index (χ0v) is 13.0. The van der Waals surface area contributed by atoms with Crippen LogP contribution >= 0.6 is 0 Å². The number of nitrogens with zero attached hydrogens (tertiary/aromatic N) is 1. The van der Waals surface area contributed by atoms with E-state index in [0.717, 1.165) is 6.07 Å². The molecule has 8 heteroatoms. The molecule has 0 fully saturated rings. The molecule has 3 N–H and O–H groups in total. The van der Waals surface area contributed by atoms with Crippen LogP contribution in [-0.2, 0) is 10.0 Å². The SMILES string of the molecule is NC(=O)c1ccc(NS(=O)(=O)c2ccc(F)c3ncccc23)cc1. The van der Waals surface area contributed by atoms with Crippen molar-refractivity contribution in [1.29, 1.82) is 0 Å². The number of primary amides is 1. The first-order valence-corrected chi connectivity index (χ1v) is 8.33. The highest BCUT2D eigenvalue weighted by atomic mass is 32.2. The van der Waals surface area contributed by atoms with Gasteiger partial charge < -0.3 is 5.73 Å². The number of rotatable bonds is 4. The minimum Gasteiger partial charge on any atom is -0.366 e. The quantitative estimate of drug-likeness (QED) is 0.757. The third-order valence-corrected chi connectivity index (χ3v) is 4.83. The molecule has 0 aliphatic heterocycles. The van der Waals surface area contributed by atoms with E-state index in [1.165, 1.54) is 48.7 Å². The number of pyridine rings is 1. The number of carbonyl (C=O) groups is 1. The molecule has 1 heterocycles. The summed E-state index contributed by atoms with van der Waals surface area (Å²) >= 11 is 0. The molecule has 1 amide bonds. The zero-order chi connectivity index (χ0) is 17.3. The summed E-state index contributed by atoms with van der Waals surface area (Å²) in [5, 5.41) is 0.179. The molecule has 3 aromatic rings. The zero-order valence-electron chi connectivity index (χ0n) is 12.2. The summed E-state index contributed by atoms with van der Waals surface area (Å²) in [6, 6.07) is 10.9. The fraction of sp³-hybridized carbons (Fsp3) is 0. The summed E-state index contributed by atoms with van der Waals surface area (Å²) in [4.78, 5) is 14.8. The molecule has 6 nitrogen and oxygen atoms in total. The minimum absolute atomic E-state index is 0.0237. The molecule has 122 valence electrons. The van der Waals surface area contributed by atoms with Gasteiger partial charge in [0.15, 0.2) is 0 Å². The molecule has 0 aliphatic rings. The van der Waals surface area contributed by atoms with Gasteiger partial charge in [0.2, 0.25) is 5.91 Å². The predicted molar refractivity (Wildman–Crippen MR) is 87.5 cm³/mol. The fourth-order valence-electron chi connectivity index (χ4n) is 2.26. The molecule has 0 atom stereocenters. The number of anilines is 1. The van der Waals surface area contributed by atoms with Crippen LogP contribution in [0.15, 0.2) is 59.6 Å². The number of sulfonamides is 1. The maximum atomic E-state index is 13.8. The van der Waals surface area contributed by atoms with Crippen molar-refractivity contribution in [1.82, 2.24) is 4.98 Å². The first-order chi connectivity index (χ1) is 11.4. The standard InChI is InChI=1S/C16H12FN3O3S/c17-13-7-8-14(12-2-1-9-19-15(12)13)24(22,23)20-11-5-3-10(4-6-11)16(18)21/h1-9,20H,(H2,18,21). The van der Waals surface area contributed by atoms with Gasteiger partial charge in [-0.2, -0.15) is 0 Å². The van der Waals surface area contributed by atoms with Crippen LogP contribution < -0.4 is 10.5 Å². The number of nitrogens with one attached hydrogen (secondary N) is 1. The lowest BCUT2D eigenvalue weighted by Gasteiger charge is -2.11. The number of hydrogen-bond donors (Lipinski definition) is 2. The Kier molecular flexibility index (Phi) is 3.90. The van der Waals surface area contributed by atoms with Crippen molar-refractivity contribution in [3.05, 3.63) is 66.1 Å². The Labute approximate surface area is 137 Å². The number of fused-ring (bicyclic) bond motifs is 1.